The Bertz CT molecular complexity index is 895. The van der Waals surface area contributed by atoms with Gasteiger partial charge in [0.1, 0.15) is 10.8 Å². The van der Waals surface area contributed by atoms with Crippen molar-refractivity contribution in [2.75, 3.05) is 20.6 Å². The van der Waals surface area contributed by atoms with Crippen LogP contribution in [0.3, 0.4) is 0 Å². The summed E-state index contributed by atoms with van der Waals surface area (Å²) in [7, 11) is 4.16. The number of carboxylic acid groups (broad SMARTS) is 2. The molecule has 1 heterocycles. The van der Waals surface area contributed by atoms with E-state index in [0.717, 1.165) is 29.1 Å². The second kappa shape index (κ2) is 10.4. The zero-order chi connectivity index (χ0) is 20.5. The number of ether oxygens (including phenoxy) is 1. The molecule has 0 saturated carbocycles. The molecule has 0 aliphatic carbocycles. The summed E-state index contributed by atoms with van der Waals surface area (Å²) in [6, 6.07) is 14.5. The maximum absolute atomic E-state index is 9.10. The zero-order valence-electron chi connectivity index (χ0n) is 15.6. The summed E-state index contributed by atoms with van der Waals surface area (Å²) in [5.41, 5.74) is 0. The lowest BCUT2D eigenvalue weighted by molar-refractivity contribution is -0.159. The Kier molecular flexibility index (Phi) is 7.91. The number of rotatable bonds is 6. The molecule has 7 nitrogen and oxygen atoms in total. The summed E-state index contributed by atoms with van der Waals surface area (Å²) < 4.78 is 6.34. The number of thiazole rings is 1. The average molecular weight is 402 g/mol. The Morgan fingerprint density at radius 1 is 1.11 bits per heavy atom. The van der Waals surface area contributed by atoms with Crippen molar-refractivity contribution in [3.05, 3.63) is 59.0 Å². The van der Waals surface area contributed by atoms with Crippen LogP contribution in [0.1, 0.15) is 17.5 Å². The molecule has 1 unspecified atom stereocenters. The lowest BCUT2D eigenvalue weighted by Crippen LogP contribution is -2.18. The Morgan fingerprint density at radius 3 is 2.39 bits per heavy atom. The van der Waals surface area contributed by atoms with Gasteiger partial charge in [-0.1, -0.05) is 36.4 Å². The van der Waals surface area contributed by atoms with Gasteiger partial charge < -0.3 is 19.8 Å². The molecule has 2 N–H and O–H groups in total. The van der Waals surface area contributed by atoms with Crippen molar-refractivity contribution in [1.82, 2.24) is 9.88 Å². The first-order valence-corrected chi connectivity index (χ1v) is 9.41. The molecular weight excluding hydrogens is 380 g/mol. The molecule has 1 aromatic heterocycles. The minimum atomic E-state index is -1.82. The minimum absolute atomic E-state index is 0.00629. The van der Waals surface area contributed by atoms with Crippen molar-refractivity contribution in [3.8, 4) is 5.75 Å². The fourth-order valence-corrected chi connectivity index (χ4v) is 3.15. The van der Waals surface area contributed by atoms with E-state index in [4.69, 9.17) is 24.5 Å². The molecule has 0 fully saturated rings. The van der Waals surface area contributed by atoms with Crippen molar-refractivity contribution in [3.63, 3.8) is 0 Å². The van der Waals surface area contributed by atoms with E-state index in [9.17, 15) is 0 Å². The zero-order valence-corrected chi connectivity index (χ0v) is 16.4. The number of carbonyl (C=O) groups is 2. The normalized spacial score (nSPS) is 11.5. The van der Waals surface area contributed by atoms with Crippen LogP contribution >= 0.6 is 11.3 Å². The fraction of sp³-hybridized carbons (Fsp3) is 0.250. The number of aromatic nitrogens is 1. The van der Waals surface area contributed by atoms with E-state index in [0.29, 0.717) is 0 Å². The van der Waals surface area contributed by atoms with Gasteiger partial charge in [0.05, 0.1) is 0 Å². The first kappa shape index (κ1) is 21.3. The standard InChI is InChI=1S/C18H20N2OS.C2H2O4/c1-20(2)12-10-17(18-19-11-13-22-18)21-16-9-5-7-14-6-3-4-8-15(14)16;3-1(4)2(5)6/h3-9,11,13,17H,10,12H2,1-2H3;(H,3,4)(H,5,6). The van der Waals surface area contributed by atoms with E-state index in [-0.39, 0.29) is 6.10 Å². The van der Waals surface area contributed by atoms with Crippen molar-refractivity contribution < 1.29 is 24.5 Å². The molecule has 1 atom stereocenters. The number of fused-ring (bicyclic) bond motifs is 1. The average Bonchev–Trinajstić information content (AvgIpc) is 3.20. The van der Waals surface area contributed by atoms with Gasteiger partial charge in [0, 0.05) is 29.9 Å². The van der Waals surface area contributed by atoms with Crippen LogP contribution in [0.5, 0.6) is 5.75 Å². The molecule has 0 saturated heterocycles. The Morgan fingerprint density at radius 2 is 1.79 bits per heavy atom. The highest BCUT2D eigenvalue weighted by atomic mass is 32.1. The molecule has 0 spiro atoms. The molecular formula is C20H22N2O5S. The van der Waals surface area contributed by atoms with Gasteiger partial charge in [-0.05, 0) is 25.5 Å². The number of hydrogen-bond donors (Lipinski definition) is 2. The Balaban J connectivity index is 0.000000409. The first-order chi connectivity index (χ1) is 13.4. The SMILES string of the molecule is CN(C)CCC(Oc1cccc2ccccc12)c1nccs1.O=C(O)C(=O)O. The van der Waals surface area contributed by atoms with Gasteiger partial charge in [0.25, 0.3) is 0 Å². The monoisotopic (exact) mass is 402 g/mol. The molecule has 0 bridgehead atoms. The predicted octanol–water partition coefficient (Wildman–Crippen LogP) is 3.52. The van der Waals surface area contributed by atoms with Crippen molar-refractivity contribution in [1.29, 1.82) is 0 Å². The Hall–Kier alpha value is -2.97. The van der Waals surface area contributed by atoms with Crippen LogP contribution in [-0.2, 0) is 9.59 Å². The van der Waals surface area contributed by atoms with Crippen LogP contribution < -0.4 is 4.74 Å². The number of nitrogens with zero attached hydrogens (tertiary/aromatic N) is 2. The largest absolute Gasteiger partial charge is 0.483 e. The third kappa shape index (κ3) is 6.33. The quantitative estimate of drug-likeness (QED) is 0.609. The van der Waals surface area contributed by atoms with Crippen molar-refractivity contribution in [2.24, 2.45) is 0 Å². The minimum Gasteiger partial charge on any atom is -0.483 e. The third-order valence-electron chi connectivity index (χ3n) is 3.77. The molecule has 28 heavy (non-hydrogen) atoms. The lowest BCUT2D eigenvalue weighted by Gasteiger charge is -2.20. The number of hydrogen-bond acceptors (Lipinski definition) is 6. The van der Waals surface area contributed by atoms with Gasteiger partial charge in [0.2, 0.25) is 0 Å². The van der Waals surface area contributed by atoms with Crippen LogP contribution in [0.2, 0.25) is 0 Å². The molecule has 3 aromatic rings. The summed E-state index contributed by atoms with van der Waals surface area (Å²) in [6.07, 6.45) is 2.76. The van der Waals surface area contributed by atoms with Gasteiger partial charge in [0.15, 0.2) is 6.10 Å². The van der Waals surface area contributed by atoms with Crippen molar-refractivity contribution >= 4 is 34.0 Å². The van der Waals surface area contributed by atoms with Gasteiger partial charge in [-0.2, -0.15) is 0 Å². The summed E-state index contributed by atoms with van der Waals surface area (Å²) in [4.78, 5) is 24.8. The number of carboxylic acids is 2. The van der Waals surface area contributed by atoms with Crippen molar-refractivity contribution in [2.45, 2.75) is 12.5 Å². The topological polar surface area (TPSA) is 100.0 Å². The highest BCUT2D eigenvalue weighted by Gasteiger charge is 2.17. The Labute approximate surface area is 166 Å². The second-order valence-electron chi connectivity index (χ2n) is 6.16. The highest BCUT2D eigenvalue weighted by Crippen LogP contribution is 2.31. The van der Waals surface area contributed by atoms with Gasteiger partial charge in [-0.3, -0.25) is 0 Å². The lowest BCUT2D eigenvalue weighted by atomic mass is 10.1. The van der Waals surface area contributed by atoms with Crippen LogP contribution in [0.25, 0.3) is 10.8 Å². The van der Waals surface area contributed by atoms with E-state index in [1.54, 1.807) is 11.3 Å². The molecule has 0 amide bonds. The van der Waals surface area contributed by atoms with Gasteiger partial charge >= 0.3 is 11.9 Å². The fourth-order valence-electron chi connectivity index (χ4n) is 2.45. The maximum atomic E-state index is 9.10. The molecule has 0 aliphatic rings. The van der Waals surface area contributed by atoms with E-state index in [1.807, 2.05) is 29.8 Å². The molecule has 148 valence electrons. The first-order valence-electron chi connectivity index (χ1n) is 8.53. The molecule has 3 rings (SSSR count). The van der Waals surface area contributed by atoms with Crippen LogP contribution in [0.4, 0.5) is 0 Å². The molecule has 2 aromatic carbocycles. The third-order valence-corrected chi connectivity index (χ3v) is 4.63. The van der Waals surface area contributed by atoms with Crippen LogP contribution in [0.15, 0.2) is 54.0 Å². The number of benzene rings is 2. The van der Waals surface area contributed by atoms with E-state index >= 15 is 0 Å². The summed E-state index contributed by atoms with van der Waals surface area (Å²) in [5, 5.41) is 20.2. The second-order valence-corrected chi connectivity index (χ2v) is 7.08. The van der Waals surface area contributed by atoms with E-state index < -0.39 is 11.9 Å². The highest BCUT2D eigenvalue weighted by molar-refractivity contribution is 7.09. The molecule has 0 aliphatic heterocycles. The van der Waals surface area contributed by atoms with Gasteiger partial charge in [-0.25, -0.2) is 14.6 Å². The van der Waals surface area contributed by atoms with E-state index in [2.05, 4.69) is 48.2 Å². The van der Waals surface area contributed by atoms with E-state index in [1.165, 1.54) is 5.39 Å². The number of aliphatic carboxylic acids is 2. The summed E-state index contributed by atoms with van der Waals surface area (Å²) in [6.45, 7) is 0.967. The predicted molar refractivity (Wildman–Crippen MR) is 108 cm³/mol. The molecule has 8 heteroatoms. The van der Waals surface area contributed by atoms with Crippen LogP contribution in [0, 0.1) is 0 Å². The molecule has 0 radical (unpaired) electrons. The summed E-state index contributed by atoms with van der Waals surface area (Å²) in [5.74, 6) is -2.72. The maximum Gasteiger partial charge on any atom is 0.414 e. The smallest absolute Gasteiger partial charge is 0.414 e. The van der Waals surface area contributed by atoms with Gasteiger partial charge in [-0.15, -0.1) is 11.3 Å². The van der Waals surface area contributed by atoms with Crippen LogP contribution in [-0.4, -0.2) is 52.7 Å². The summed E-state index contributed by atoms with van der Waals surface area (Å²) >= 11 is 1.65.